The number of ether oxygens (including phenoxy) is 1. The lowest BCUT2D eigenvalue weighted by molar-refractivity contribution is -0.142. The Bertz CT molecular complexity index is 911. The van der Waals surface area contributed by atoms with E-state index in [1.165, 1.54) is 23.1 Å². The quantitative estimate of drug-likeness (QED) is 0.428. The fraction of sp³-hybridized carbons (Fsp3) is 0.278. The number of esters is 1. The average molecular weight is 393 g/mol. The van der Waals surface area contributed by atoms with Crippen LogP contribution in [0.2, 0.25) is 5.15 Å². The fourth-order valence-corrected chi connectivity index (χ4v) is 5.00. The number of rotatable bonds is 6. The summed E-state index contributed by atoms with van der Waals surface area (Å²) in [6.45, 7) is 4.23. The Morgan fingerprint density at radius 1 is 1.28 bits per heavy atom. The van der Waals surface area contributed by atoms with E-state index in [0.717, 1.165) is 37.1 Å². The predicted octanol–water partition coefficient (Wildman–Crippen LogP) is 5.16. The van der Waals surface area contributed by atoms with Gasteiger partial charge in [0.05, 0.1) is 18.7 Å². The molecule has 25 heavy (non-hydrogen) atoms. The van der Waals surface area contributed by atoms with Crippen LogP contribution in [0.1, 0.15) is 24.4 Å². The van der Waals surface area contributed by atoms with Crippen LogP contribution in [0.3, 0.4) is 0 Å². The number of carbonyl (C=O) groups is 1. The van der Waals surface area contributed by atoms with E-state index < -0.39 is 0 Å². The third-order valence-corrected chi connectivity index (χ3v) is 5.93. The van der Waals surface area contributed by atoms with Gasteiger partial charge in [-0.15, -0.1) is 11.3 Å². The molecular weight excluding hydrogens is 376 g/mol. The zero-order chi connectivity index (χ0) is 17.8. The molecule has 0 aliphatic rings. The van der Waals surface area contributed by atoms with Crippen molar-refractivity contribution in [3.05, 3.63) is 46.1 Å². The van der Waals surface area contributed by atoms with Crippen molar-refractivity contribution in [2.24, 2.45) is 0 Å². The second-order valence-electron chi connectivity index (χ2n) is 5.26. The van der Waals surface area contributed by atoms with E-state index in [2.05, 4.69) is 9.97 Å². The highest BCUT2D eigenvalue weighted by Gasteiger charge is 2.16. The van der Waals surface area contributed by atoms with E-state index in [9.17, 15) is 4.79 Å². The first-order chi connectivity index (χ1) is 12.1. The van der Waals surface area contributed by atoms with Gasteiger partial charge >= 0.3 is 5.97 Å². The van der Waals surface area contributed by atoms with Crippen molar-refractivity contribution in [2.75, 3.05) is 6.61 Å². The molecule has 0 fully saturated rings. The van der Waals surface area contributed by atoms with Crippen molar-refractivity contribution in [1.29, 1.82) is 0 Å². The molecule has 0 unspecified atom stereocenters. The number of fused-ring (bicyclic) bond motifs is 1. The Morgan fingerprint density at radius 3 is 2.84 bits per heavy atom. The average Bonchev–Trinajstić information content (AvgIpc) is 2.96. The Labute approximate surface area is 159 Å². The van der Waals surface area contributed by atoms with Crippen LogP contribution >= 0.6 is 34.7 Å². The van der Waals surface area contributed by atoms with Crippen molar-refractivity contribution in [3.8, 4) is 0 Å². The van der Waals surface area contributed by atoms with Gasteiger partial charge in [-0.3, -0.25) is 4.79 Å². The molecule has 2 heterocycles. The minimum absolute atomic E-state index is 0.218. The summed E-state index contributed by atoms with van der Waals surface area (Å²) >= 11 is 9.27. The van der Waals surface area contributed by atoms with Gasteiger partial charge in [0, 0.05) is 10.3 Å². The van der Waals surface area contributed by atoms with Crippen molar-refractivity contribution in [3.63, 3.8) is 0 Å². The fourth-order valence-electron chi connectivity index (χ4n) is 2.44. The van der Waals surface area contributed by atoms with Crippen molar-refractivity contribution < 1.29 is 9.53 Å². The minimum atomic E-state index is -0.218. The summed E-state index contributed by atoms with van der Waals surface area (Å²) in [5.41, 5.74) is 0.937. The first-order valence-electron chi connectivity index (χ1n) is 7.98. The maximum absolute atomic E-state index is 11.8. The number of nitrogens with zero attached hydrogens (tertiary/aromatic N) is 2. The Hall–Kier alpha value is -1.63. The van der Waals surface area contributed by atoms with Crippen LogP contribution in [0, 0.1) is 0 Å². The second-order valence-corrected chi connectivity index (χ2v) is 7.97. The van der Waals surface area contributed by atoms with Gasteiger partial charge in [-0.05, 0) is 36.6 Å². The standard InChI is InChI=1S/C18H17ClN2O2S2/c1-3-13-14(10-16(22)23-4-2)24-18(20-13)25-15-9-11-7-5-6-8-12(11)17(19)21-15/h5-9H,3-4,10H2,1-2H3. The molecule has 0 saturated heterocycles. The van der Waals surface area contributed by atoms with Gasteiger partial charge in [-0.2, -0.15) is 0 Å². The van der Waals surface area contributed by atoms with Crippen LogP contribution in [-0.4, -0.2) is 22.5 Å². The number of carbonyl (C=O) groups excluding carboxylic acids is 1. The van der Waals surface area contributed by atoms with E-state index in [1.54, 1.807) is 0 Å². The van der Waals surface area contributed by atoms with E-state index in [1.807, 2.05) is 44.2 Å². The Morgan fingerprint density at radius 2 is 2.08 bits per heavy atom. The van der Waals surface area contributed by atoms with Gasteiger partial charge in [-0.25, -0.2) is 9.97 Å². The van der Waals surface area contributed by atoms with Crippen molar-refractivity contribution in [2.45, 2.75) is 36.1 Å². The van der Waals surface area contributed by atoms with Gasteiger partial charge in [0.1, 0.15) is 10.2 Å². The molecular formula is C18H17ClN2O2S2. The van der Waals surface area contributed by atoms with E-state index in [0.29, 0.717) is 11.8 Å². The first kappa shape index (κ1) is 18.2. The molecule has 7 heteroatoms. The SMILES string of the molecule is CCOC(=O)Cc1sc(Sc2cc3ccccc3c(Cl)n2)nc1CC. The van der Waals surface area contributed by atoms with Crippen molar-refractivity contribution >= 4 is 51.4 Å². The molecule has 0 radical (unpaired) electrons. The molecule has 130 valence electrons. The summed E-state index contributed by atoms with van der Waals surface area (Å²) in [7, 11) is 0. The molecule has 0 N–H and O–H groups in total. The Balaban J connectivity index is 1.85. The molecule has 0 amide bonds. The summed E-state index contributed by atoms with van der Waals surface area (Å²) in [6.07, 6.45) is 1.04. The highest BCUT2D eigenvalue weighted by atomic mass is 35.5. The first-order valence-corrected chi connectivity index (χ1v) is 9.99. The summed E-state index contributed by atoms with van der Waals surface area (Å²) in [6, 6.07) is 9.89. The molecule has 3 aromatic rings. The largest absolute Gasteiger partial charge is 0.466 e. The molecule has 0 saturated carbocycles. The van der Waals surface area contributed by atoms with Crippen LogP contribution in [-0.2, 0) is 22.4 Å². The van der Waals surface area contributed by atoms with E-state index in [-0.39, 0.29) is 12.4 Å². The van der Waals surface area contributed by atoms with Gasteiger partial charge in [-0.1, -0.05) is 42.8 Å². The third-order valence-electron chi connectivity index (χ3n) is 3.57. The van der Waals surface area contributed by atoms with Gasteiger partial charge in [0.2, 0.25) is 0 Å². The summed E-state index contributed by atoms with van der Waals surface area (Å²) < 4.78 is 5.90. The number of hydrogen-bond acceptors (Lipinski definition) is 6. The maximum atomic E-state index is 11.8. The second kappa shape index (κ2) is 8.17. The lowest BCUT2D eigenvalue weighted by Crippen LogP contribution is -2.07. The van der Waals surface area contributed by atoms with E-state index >= 15 is 0 Å². The number of aryl methyl sites for hydroxylation is 1. The number of thiazole rings is 1. The van der Waals surface area contributed by atoms with Gasteiger partial charge < -0.3 is 4.74 Å². The molecule has 1 aromatic carbocycles. The summed E-state index contributed by atoms with van der Waals surface area (Å²) in [5, 5.41) is 3.26. The molecule has 0 spiro atoms. The number of benzene rings is 1. The van der Waals surface area contributed by atoms with E-state index in [4.69, 9.17) is 16.3 Å². The maximum Gasteiger partial charge on any atom is 0.311 e. The third kappa shape index (κ3) is 4.32. The van der Waals surface area contributed by atoms with Crippen molar-refractivity contribution in [1.82, 2.24) is 9.97 Å². The van der Waals surface area contributed by atoms with Crippen LogP contribution < -0.4 is 0 Å². The zero-order valence-electron chi connectivity index (χ0n) is 13.9. The number of halogens is 1. The molecule has 2 aromatic heterocycles. The molecule has 0 atom stereocenters. The normalized spacial score (nSPS) is 11.0. The molecule has 0 aliphatic carbocycles. The topological polar surface area (TPSA) is 52.1 Å². The highest BCUT2D eigenvalue weighted by Crippen LogP contribution is 2.35. The van der Waals surface area contributed by atoms with Gasteiger partial charge in [0.15, 0.2) is 4.34 Å². The monoisotopic (exact) mass is 392 g/mol. The van der Waals surface area contributed by atoms with Crippen LogP contribution in [0.5, 0.6) is 0 Å². The summed E-state index contributed by atoms with van der Waals surface area (Å²) in [5.74, 6) is -0.218. The molecule has 0 bridgehead atoms. The lowest BCUT2D eigenvalue weighted by Gasteiger charge is -2.03. The molecule has 0 aliphatic heterocycles. The lowest BCUT2D eigenvalue weighted by atomic mass is 10.2. The number of pyridine rings is 1. The number of aromatic nitrogens is 2. The van der Waals surface area contributed by atoms with Crippen LogP contribution in [0.15, 0.2) is 39.7 Å². The molecule has 4 nitrogen and oxygen atoms in total. The summed E-state index contributed by atoms with van der Waals surface area (Å²) in [4.78, 5) is 21.8. The van der Waals surface area contributed by atoms with Crippen LogP contribution in [0.4, 0.5) is 0 Å². The Kier molecular flexibility index (Phi) is 5.93. The number of hydrogen-bond donors (Lipinski definition) is 0. The predicted molar refractivity (Wildman–Crippen MR) is 103 cm³/mol. The zero-order valence-corrected chi connectivity index (χ0v) is 16.3. The smallest absolute Gasteiger partial charge is 0.311 e. The highest BCUT2D eigenvalue weighted by molar-refractivity contribution is 8.01. The van der Waals surface area contributed by atoms with Crippen LogP contribution in [0.25, 0.3) is 10.8 Å². The molecule has 3 rings (SSSR count). The van der Waals surface area contributed by atoms with Gasteiger partial charge in [0.25, 0.3) is 0 Å². The minimum Gasteiger partial charge on any atom is -0.466 e.